The van der Waals surface area contributed by atoms with E-state index in [1.54, 1.807) is 0 Å². The van der Waals surface area contributed by atoms with Crippen LogP contribution in [0.2, 0.25) is 0 Å². The summed E-state index contributed by atoms with van der Waals surface area (Å²) in [7, 11) is 5.91. The fourth-order valence-electron chi connectivity index (χ4n) is 8.09. The van der Waals surface area contributed by atoms with E-state index in [1.807, 2.05) is 21.1 Å². The van der Waals surface area contributed by atoms with Gasteiger partial charge in [0.2, 0.25) is 0 Å². The standard InChI is InChI=1S/C70H115NO8/c1-6-8-10-12-14-16-18-20-21-22-23-24-25-26-27-28-29-30-31-32-33-34-35-36-37-38-39-40-41-42-43-44-45-46-47-49-51-53-55-57-59-61-68(73)79-66(65-78-70(69(74)75)76-63-62-71(3,4)5)64-77-67(72)60-58-56-54-52-50-48-19-17-15-13-11-9-7-2/h8,10,14,16-17,19-21,23-24,26-27,29-30,32-33,35-36,38-39,41-42,66,70H,6-7,9,11-13,15,18,22,25,28,31,34,37,40,43-65H2,1-5H3/b10-8-,16-14-,19-17-,21-20-,24-23-,27-26-,30-29-,33-32-,36-35-,39-38-,42-41-. The molecule has 0 bridgehead atoms. The van der Waals surface area contributed by atoms with Gasteiger partial charge in [0.25, 0.3) is 0 Å². The molecule has 0 saturated heterocycles. The van der Waals surface area contributed by atoms with Crippen molar-refractivity contribution in [3.05, 3.63) is 134 Å². The topological polar surface area (TPSA) is 111 Å². The number of hydrogen-bond acceptors (Lipinski definition) is 8. The number of rotatable bonds is 56. The van der Waals surface area contributed by atoms with Gasteiger partial charge in [-0.15, -0.1) is 0 Å². The van der Waals surface area contributed by atoms with E-state index in [1.165, 1.54) is 70.6 Å². The van der Waals surface area contributed by atoms with Crippen LogP contribution in [0.15, 0.2) is 134 Å². The van der Waals surface area contributed by atoms with Crippen LogP contribution in [0, 0.1) is 0 Å². The van der Waals surface area contributed by atoms with E-state index in [4.69, 9.17) is 18.9 Å². The van der Waals surface area contributed by atoms with E-state index in [0.717, 1.165) is 128 Å². The SMILES string of the molecule is CC/C=C\C/C=C\C/C=C\C/C=C\C/C=C\C/C=C\C/C=C\C/C=C\C/C=C\C/C=C\CCCCCCCCCCCCC(=O)OC(COC(=O)CCCCCCC/C=C\CCCCCC)COC(OCC[N+](C)(C)C)C(=O)[O-]. The molecule has 2 atom stereocenters. The summed E-state index contributed by atoms with van der Waals surface area (Å²) in [5.41, 5.74) is 0. The highest BCUT2D eigenvalue weighted by Gasteiger charge is 2.22. The van der Waals surface area contributed by atoms with E-state index < -0.39 is 24.3 Å². The Labute approximate surface area is 484 Å². The highest BCUT2D eigenvalue weighted by molar-refractivity contribution is 5.70. The van der Waals surface area contributed by atoms with Crippen LogP contribution in [0.25, 0.3) is 0 Å². The normalized spacial score (nSPS) is 13.7. The number of aliphatic carboxylic acids is 1. The van der Waals surface area contributed by atoms with Crippen LogP contribution in [0.4, 0.5) is 0 Å². The fourth-order valence-corrected chi connectivity index (χ4v) is 8.09. The summed E-state index contributed by atoms with van der Waals surface area (Å²) >= 11 is 0. The van der Waals surface area contributed by atoms with Gasteiger partial charge in [0.1, 0.15) is 13.2 Å². The molecule has 9 heteroatoms. The minimum Gasteiger partial charge on any atom is -0.545 e. The van der Waals surface area contributed by atoms with Gasteiger partial charge < -0.3 is 33.3 Å². The van der Waals surface area contributed by atoms with Crippen LogP contribution in [0.3, 0.4) is 0 Å². The number of allylic oxidation sites excluding steroid dienone is 22. The summed E-state index contributed by atoms with van der Waals surface area (Å²) in [5, 5.41) is 11.8. The molecule has 0 heterocycles. The predicted octanol–water partition coefficient (Wildman–Crippen LogP) is 17.7. The van der Waals surface area contributed by atoms with Crippen molar-refractivity contribution in [3.63, 3.8) is 0 Å². The molecule has 79 heavy (non-hydrogen) atoms. The number of unbranched alkanes of at least 4 members (excludes halogenated alkanes) is 19. The van der Waals surface area contributed by atoms with E-state index in [-0.39, 0.29) is 38.6 Å². The molecule has 0 radical (unpaired) electrons. The summed E-state index contributed by atoms with van der Waals surface area (Å²) in [6.45, 7) is 4.58. The number of carbonyl (C=O) groups is 3. The smallest absolute Gasteiger partial charge is 0.306 e. The summed E-state index contributed by atoms with van der Waals surface area (Å²) < 4.78 is 22.7. The molecule has 0 aromatic heterocycles. The zero-order chi connectivity index (χ0) is 57.6. The van der Waals surface area contributed by atoms with Crippen molar-refractivity contribution in [2.45, 2.75) is 245 Å². The minimum atomic E-state index is -1.63. The Hall–Kier alpha value is -4.57. The average Bonchev–Trinajstić information content (AvgIpc) is 3.42. The zero-order valence-electron chi connectivity index (χ0n) is 50.9. The summed E-state index contributed by atoms with van der Waals surface area (Å²) in [6, 6.07) is 0. The molecule has 0 rings (SSSR count). The van der Waals surface area contributed by atoms with Gasteiger partial charge in [-0.3, -0.25) is 9.59 Å². The molecule has 0 fully saturated rings. The molecule has 9 nitrogen and oxygen atoms in total. The molecule has 0 amide bonds. The molecule has 0 N–H and O–H groups in total. The molecule has 0 aromatic carbocycles. The highest BCUT2D eigenvalue weighted by Crippen LogP contribution is 2.15. The molecule has 0 aliphatic rings. The van der Waals surface area contributed by atoms with Gasteiger partial charge in [-0.1, -0.05) is 237 Å². The van der Waals surface area contributed by atoms with Crippen molar-refractivity contribution in [1.82, 2.24) is 0 Å². The first kappa shape index (κ1) is 74.4. The number of carboxylic acids is 1. The average molecular weight is 1100 g/mol. The third kappa shape index (κ3) is 60.9. The molecule has 2 unspecified atom stereocenters. The Morgan fingerprint density at radius 1 is 0.392 bits per heavy atom. The molecular weight excluding hydrogens is 983 g/mol. The van der Waals surface area contributed by atoms with Gasteiger partial charge >= 0.3 is 11.9 Å². The number of likely N-dealkylation sites (N-methyl/N-ethyl adjacent to an activating group) is 1. The third-order valence-corrected chi connectivity index (χ3v) is 12.9. The van der Waals surface area contributed by atoms with Crippen LogP contribution >= 0.6 is 0 Å². The first-order valence-corrected chi connectivity index (χ1v) is 31.3. The lowest BCUT2D eigenvalue weighted by Gasteiger charge is -2.26. The summed E-state index contributed by atoms with van der Waals surface area (Å²) in [4.78, 5) is 37.2. The molecular formula is C70H115NO8. The van der Waals surface area contributed by atoms with Crippen molar-refractivity contribution >= 4 is 17.9 Å². The molecule has 0 aromatic rings. The molecule has 0 saturated carbocycles. The van der Waals surface area contributed by atoms with Crippen LogP contribution in [0.1, 0.15) is 232 Å². The van der Waals surface area contributed by atoms with E-state index in [2.05, 4.69) is 148 Å². The largest absolute Gasteiger partial charge is 0.545 e. The van der Waals surface area contributed by atoms with Crippen molar-refractivity contribution in [2.75, 3.05) is 47.5 Å². The second kappa shape index (κ2) is 59.5. The van der Waals surface area contributed by atoms with Crippen molar-refractivity contribution in [3.8, 4) is 0 Å². The summed E-state index contributed by atoms with van der Waals surface area (Å²) in [6.07, 6.45) is 82.3. The number of hydrogen-bond donors (Lipinski definition) is 0. The van der Waals surface area contributed by atoms with Crippen LogP contribution in [0.5, 0.6) is 0 Å². The summed E-state index contributed by atoms with van der Waals surface area (Å²) in [5.74, 6) is -2.31. The fraction of sp³-hybridized carbons (Fsp3) is 0.643. The van der Waals surface area contributed by atoms with Gasteiger partial charge in [-0.25, -0.2) is 0 Å². The van der Waals surface area contributed by atoms with Crippen molar-refractivity contribution in [2.24, 2.45) is 0 Å². The van der Waals surface area contributed by atoms with Gasteiger partial charge in [0.15, 0.2) is 12.4 Å². The van der Waals surface area contributed by atoms with Gasteiger partial charge in [-0.2, -0.15) is 0 Å². The van der Waals surface area contributed by atoms with Gasteiger partial charge in [-0.05, 0) is 116 Å². The van der Waals surface area contributed by atoms with Crippen LogP contribution < -0.4 is 5.11 Å². The van der Waals surface area contributed by atoms with Gasteiger partial charge in [0, 0.05) is 12.8 Å². The second-order valence-electron chi connectivity index (χ2n) is 21.6. The lowest BCUT2D eigenvalue weighted by molar-refractivity contribution is -0.870. The zero-order valence-corrected chi connectivity index (χ0v) is 50.9. The number of carboxylic acid groups (broad SMARTS) is 1. The van der Waals surface area contributed by atoms with E-state index in [0.29, 0.717) is 17.4 Å². The first-order chi connectivity index (χ1) is 38.6. The van der Waals surface area contributed by atoms with Crippen molar-refractivity contribution < 1.29 is 42.9 Å². The number of nitrogens with zero attached hydrogens (tertiary/aromatic N) is 1. The van der Waals surface area contributed by atoms with E-state index >= 15 is 0 Å². The molecule has 0 aliphatic carbocycles. The maximum absolute atomic E-state index is 12.9. The lowest BCUT2D eigenvalue weighted by atomic mass is 10.0. The number of ether oxygens (including phenoxy) is 4. The monoisotopic (exact) mass is 1100 g/mol. The molecule has 0 aliphatic heterocycles. The number of quaternary nitrogens is 1. The van der Waals surface area contributed by atoms with Crippen molar-refractivity contribution in [1.29, 1.82) is 0 Å². The second-order valence-corrected chi connectivity index (χ2v) is 21.6. The Kier molecular flexibility index (Phi) is 56.1. The third-order valence-electron chi connectivity index (χ3n) is 12.9. The van der Waals surface area contributed by atoms with Crippen LogP contribution in [-0.4, -0.2) is 82.3 Å². The van der Waals surface area contributed by atoms with E-state index in [9.17, 15) is 19.5 Å². The van der Waals surface area contributed by atoms with Crippen LogP contribution in [-0.2, 0) is 33.3 Å². The van der Waals surface area contributed by atoms with Gasteiger partial charge in [0.05, 0.1) is 40.3 Å². The Bertz CT molecular complexity index is 1750. The highest BCUT2D eigenvalue weighted by atomic mass is 16.7. The maximum Gasteiger partial charge on any atom is 0.306 e. The Morgan fingerprint density at radius 2 is 0.722 bits per heavy atom. The minimum absolute atomic E-state index is 0.140. The number of carbonyl (C=O) groups excluding carboxylic acids is 3. The first-order valence-electron chi connectivity index (χ1n) is 31.3. The quantitative estimate of drug-likeness (QED) is 0.0195. The molecule has 0 spiro atoms. The maximum atomic E-state index is 12.9. The predicted molar refractivity (Wildman–Crippen MR) is 333 cm³/mol. The Balaban J connectivity index is 4.12. The number of esters is 2. The Morgan fingerprint density at radius 3 is 1.09 bits per heavy atom. The lowest BCUT2D eigenvalue weighted by Crippen LogP contribution is -2.44. The molecule has 448 valence electrons.